The Labute approximate surface area is 188 Å². The number of aromatic nitrogens is 1. The number of pyridine rings is 1. The Morgan fingerprint density at radius 2 is 1.91 bits per heavy atom. The van der Waals surface area contributed by atoms with E-state index in [0.29, 0.717) is 17.1 Å². The van der Waals surface area contributed by atoms with Gasteiger partial charge in [0.25, 0.3) is 10.0 Å². The van der Waals surface area contributed by atoms with E-state index < -0.39 is 10.0 Å². The molecule has 166 valence electrons. The molecule has 0 amide bonds. The predicted octanol–water partition coefficient (Wildman–Crippen LogP) is 6.24. The first-order valence-electron chi connectivity index (χ1n) is 11.0. The molecular weight excluding hydrogens is 420 g/mol. The van der Waals surface area contributed by atoms with Crippen molar-refractivity contribution in [2.75, 3.05) is 4.72 Å². The molecule has 4 aromatic rings. The highest BCUT2D eigenvalue weighted by atomic mass is 32.2. The first-order chi connectivity index (χ1) is 15.1. The van der Waals surface area contributed by atoms with Crippen LogP contribution in [0.25, 0.3) is 21.9 Å². The van der Waals surface area contributed by atoms with Crippen LogP contribution in [0.1, 0.15) is 44.1 Å². The summed E-state index contributed by atoms with van der Waals surface area (Å²) in [5.41, 5.74) is 4.14. The summed E-state index contributed by atoms with van der Waals surface area (Å²) in [6.45, 7) is 8.75. The van der Waals surface area contributed by atoms with Gasteiger partial charge in [-0.05, 0) is 60.9 Å². The van der Waals surface area contributed by atoms with Crippen molar-refractivity contribution in [1.29, 1.82) is 0 Å². The number of benzene rings is 2. The van der Waals surface area contributed by atoms with Gasteiger partial charge in [-0.3, -0.25) is 9.71 Å². The maximum Gasteiger partial charge on any atom is 0.264 e. The molecule has 6 heteroatoms. The van der Waals surface area contributed by atoms with Gasteiger partial charge in [-0.1, -0.05) is 39.0 Å². The van der Waals surface area contributed by atoms with Crippen molar-refractivity contribution in [1.82, 2.24) is 4.98 Å². The van der Waals surface area contributed by atoms with Crippen LogP contribution in [0.5, 0.6) is 0 Å². The lowest BCUT2D eigenvalue weighted by Crippen LogP contribution is -2.26. The minimum atomic E-state index is -3.81. The highest BCUT2D eigenvalue weighted by Gasteiger charge is 2.32. The summed E-state index contributed by atoms with van der Waals surface area (Å²) in [6, 6.07) is 12.8. The average Bonchev–Trinajstić information content (AvgIpc) is 3.09. The Hall–Kier alpha value is -2.86. The fourth-order valence-corrected chi connectivity index (χ4v) is 6.07. The Morgan fingerprint density at radius 3 is 2.69 bits per heavy atom. The molecule has 2 aromatic heterocycles. The first kappa shape index (κ1) is 21.0. The van der Waals surface area contributed by atoms with E-state index in [-0.39, 0.29) is 10.3 Å². The maximum atomic E-state index is 13.3. The number of rotatable bonds is 3. The number of anilines is 1. The standard InChI is InChI=1S/C26H28N2O3S/c1-16-13-23-20(19-14-18(26(2,3)4)10-11-22(19)31-23)15-21(16)28-32(29,30)24-9-5-7-17-8-6-12-27-25(17)24/h5-9,12-13,15,18,28H,10-11,14H2,1-4H3/t18-/m1/s1. The van der Waals surface area contributed by atoms with E-state index in [1.807, 2.05) is 31.2 Å². The Bertz CT molecular complexity index is 1440. The van der Waals surface area contributed by atoms with Crippen LogP contribution in [-0.2, 0) is 22.9 Å². The van der Waals surface area contributed by atoms with E-state index in [4.69, 9.17) is 4.42 Å². The molecule has 2 aromatic carbocycles. The van der Waals surface area contributed by atoms with Crippen LogP contribution < -0.4 is 4.72 Å². The molecule has 0 radical (unpaired) electrons. The molecule has 1 N–H and O–H groups in total. The lowest BCUT2D eigenvalue weighted by molar-refractivity contribution is 0.210. The van der Waals surface area contributed by atoms with E-state index in [1.165, 1.54) is 5.56 Å². The van der Waals surface area contributed by atoms with Gasteiger partial charge in [-0.15, -0.1) is 0 Å². The molecule has 0 aliphatic heterocycles. The number of hydrogen-bond acceptors (Lipinski definition) is 4. The summed E-state index contributed by atoms with van der Waals surface area (Å²) in [5.74, 6) is 1.61. The van der Waals surface area contributed by atoms with Crippen LogP contribution in [0.4, 0.5) is 5.69 Å². The SMILES string of the molecule is Cc1cc2oc3c(c2cc1NS(=O)(=O)c1cccc2cccnc12)C[C@H](C(C)(C)C)CC3. The molecule has 0 spiro atoms. The van der Waals surface area contributed by atoms with E-state index >= 15 is 0 Å². The highest BCUT2D eigenvalue weighted by Crippen LogP contribution is 2.42. The molecule has 0 saturated heterocycles. The van der Waals surface area contributed by atoms with Gasteiger partial charge < -0.3 is 4.42 Å². The van der Waals surface area contributed by atoms with Gasteiger partial charge in [0.05, 0.1) is 11.2 Å². The number of hydrogen-bond donors (Lipinski definition) is 1. The smallest absolute Gasteiger partial charge is 0.264 e. The molecule has 0 fully saturated rings. The molecule has 32 heavy (non-hydrogen) atoms. The summed E-state index contributed by atoms with van der Waals surface area (Å²) in [6.07, 6.45) is 4.60. The molecule has 0 saturated carbocycles. The lowest BCUT2D eigenvalue weighted by atomic mass is 9.71. The van der Waals surface area contributed by atoms with E-state index in [1.54, 1.807) is 24.4 Å². The normalized spacial score (nSPS) is 16.9. The Morgan fingerprint density at radius 1 is 1.12 bits per heavy atom. The lowest BCUT2D eigenvalue weighted by Gasteiger charge is -2.33. The van der Waals surface area contributed by atoms with Crippen molar-refractivity contribution in [3.8, 4) is 0 Å². The third-order valence-electron chi connectivity index (χ3n) is 6.75. The van der Waals surface area contributed by atoms with E-state index in [0.717, 1.165) is 46.9 Å². The zero-order chi connectivity index (χ0) is 22.7. The van der Waals surface area contributed by atoms with E-state index in [9.17, 15) is 8.42 Å². The zero-order valence-corrected chi connectivity index (χ0v) is 19.7. The largest absolute Gasteiger partial charge is 0.461 e. The second-order valence-corrected chi connectivity index (χ2v) is 11.6. The Balaban J connectivity index is 1.57. The van der Waals surface area contributed by atoms with Crippen LogP contribution in [0.3, 0.4) is 0 Å². The third kappa shape index (κ3) is 3.56. The first-order valence-corrected chi connectivity index (χ1v) is 12.5. The molecule has 5 nitrogen and oxygen atoms in total. The van der Waals surface area contributed by atoms with Gasteiger partial charge in [0.2, 0.25) is 0 Å². The van der Waals surface area contributed by atoms with Crippen molar-refractivity contribution in [3.63, 3.8) is 0 Å². The fourth-order valence-electron chi connectivity index (χ4n) is 4.77. The quantitative estimate of drug-likeness (QED) is 0.403. The van der Waals surface area contributed by atoms with Crippen LogP contribution in [0, 0.1) is 18.3 Å². The molecule has 1 aliphatic rings. The molecule has 1 aliphatic carbocycles. The van der Waals surface area contributed by atoms with Crippen LogP contribution in [-0.4, -0.2) is 13.4 Å². The summed E-state index contributed by atoms with van der Waals surface area (Å²) < 4.78 is 35.7. The zero-order valence-electron chi connectivity index (χ0n) is 18.9. The number of nitrogens with zero attached hydrogens (tertiary/aromatic N) is 1. The Kier molecular flexibility index (Phi) is 4.82. The van der Waals surface area contributed by atoms with Crippen molar-refractivity contribution < 1.29 is 12.8 Å². The number of sulfonamides is 1. The van der Waals surface area contributed by atoms with E-state index in [2.05, 4.69) is 30.5 Å². The summed E-state index contributed by atoms with van der Waals surface area (Å²) in [4.78, 5) is 4.49. The van der Waals surface area contributed by atoms with Gasteiger partial charge >= 0.3 is 0 Å². The number of nitrogens with one attached hydrogen (secondary N) is 1. The third-order valence-corrected chi connectivity index (χ3v) is 8.14. The van der Waals surface area contributed by atoms with Crippen molar-refractivity contribution in [2.45, 2.75) is 51.9 Å². The average molecular weight is 449 g/mol. The predicted molar refractivity (Wildman–Crippen MR) is 128 cm³/mol. The van der Waals surface area contributed by atoms with Gasteiger partial charge in [0.15, 0.2) is 0 Å². The number of fused-ring (bicyclic) bond motifs is 4. The molecule has 0 unspecified atom stereocenters. The second kappa shape index (κ2) is 7.34. The maximum absolute atomic E-state index is 13.3. The van der Waals surface area contributed by atoms with Crippen molar-refractivity contribution >= 4 is 37.6 Å². The van der Waals surface area contributed by atoms with Crippen LogP contribution in [0.15, 0.2) is 58.0 Å². The summed E-state index contributed by atoms with van der Waals surface area (Å²) in [5, 5.41) is 1.80. The molecule has 1 atom stereocenters. The second-order valence-electron chi connectivity index (χ2n) is 9.91. The number of para-hydroxylation sites is 1. The molecule has 2 heterocycles. The summed E-state index contributed by atoms with van der Waals surface area (Å²) >= 11 is 0. The summed E-state index contributed by atoms with van der Waals surface area (Å²) in [7, 11) is -3.81. The number of aryl methyl sites for hydroxylation is 2. The van der Waals surface area contributed by atoms with Crippen LogP contribution >= 0.6 is 0 Å². The van der Waals surface area contributed by atoms with Gasteiger partial charge in [-0.25, -0.2) is 8.42 Å². The molecular formula is C26H28N2O3S. The number of furan rings is 1. The minimum absolute atomic E-state index is 0.178. The van der Waals surface area contributed by atoms with Gasteiger partial charge in [0, 0.05) is 29.0 Å². The van der Waals surface area contributed by atoms with Gasteiger partial charge in [0.1, 0.15) is 16.2 Å². The van der Waals surface area contributed by atoms with Gasteiger partial charge in [-0.2, -0.15) is 0 Å². The molecule has 0 bridgehead atoms. The van der Waals surface area contributed by atoms with Crippen molar-refractivity contribution in [3.05, 3.63) is 65.5 Å². The minimum Gasteiger partial charge on any atom is -0.461 e. The van der Waals surface area contributed by atoms with Crippen LogP contribution in [0.2, 0.25) is 0 Å². The monoisotopic (exact) mass is 448 g/mol. The topological polar surface area (TPSA) is 72.2 Å². The highest BCUT2D eigenvalue weighted by molar-refractivity contribution is 7.93. The molecule has 5 rings (SSSR count). The van der Waals surface area contributed by atoms with Crippen molar-refractivity contribution in [2.24, 2.45) is 11.3 Å². The fraction of sp³-hybridized carbons (Fsp3) is 0.346.